The minimum Gasteiger partial charge on any atom is -0.351 e. The van der Waals surface area contributed by atoms with Crippen molar-refractivity contribution in [2.24, 2.45) is 0 Å². The topological polar surface area (TPSA) is 29.1 Å². The molecule has 1 aromatic rings. The molecule has 2 rings (SSSR count). The number of hydrogen-bond donors (Lipinski definition) is 1. The number of carbonyl (C=O) groups is 1. The Morgan fingerprint density at radius 2 is 1.89 bits per heavy atom. The van der Waals surface area contributed by atoms with Gasteiger partial charge in [0.15, 0.2) is 17.5 Å². The number of amides is 1. The van der Waals surface area contributed by atoms with Crippen molar-refractivity contribution in [3.05, 3.63) is 35.1 Å². The molecule has 0 spiro atoms. The van der Waals surface area contributed by atoms with E-state index in [0.717, 1.165) is 19.3 Å². The summed E-state index contributed by atoms with van der Waals surface area (Å²) in [4.78, 5) is 11.8. The molecule has 0 unspecified atom stereocenters. The molecule has 0 saturated heterocycles. The van der Waals surface area contributed by atoms with E-state index in [1.165, 1.54) is 0 Å². The van der Waals surface area contributed by atoms with E-state index in [1.54, 1.807) is 11.8 Å². The lowest BCUT2D eigenvalue weighted by Gasteiger charge is -2.40. The van der Waals surface area contributed by atoms with Crippen LogP contribution in [0.5, 0.6) is 0 Å². The summed E-state index contributed by atoms with van der Waals surface area (Å²) in [6, 6.07) is 1.42. The van der Waals surface area contributed by atoms with Crippen LogP contribution in [0.25, 0.3) is 0 Å². The Labute approximate surface area is 113 Å². The highest BCUT2D eigenvalue weighted by Gasteiger charge is 2.36. The molecule has 104 valence electrons. The fourth-order valence-corrected chi connectivity index (χ4v) is 2.97. The normalized spacial score (nSPS) is 16.8. The second-order valence-corrected chi connectivity index (χ2v) is 5.95. The van der Waals surface area contributed by atoms with Crippen LogP contribution in [0.1, 0.15) is 29.6 Å². The summed E-state index contributed by atoms with van der Waals surface area (Å²) in [5.74, 6) is -4.85. The zero-order valence-corrected chi connectivity index (χ0v) is 11.3. The van der Waals surface area contributed by atoms with Crippen molar-refractivity contribution in [3.63, 3.8) is 0 Å². The van der Waals surface area contributed by atoms with Gasteiger partial charge >= 0.3 is 0 Å². The Kier molecular flexibility index (Phi) is 4.08. The number of carbonyl (C=O) groups excluding carboxylic acids is 1. The van der Waals surface area contributed by atoms with Crippen LogP contribution in [0, 0.1) is 17.5 Å². The van der Waals surface area contributed by atoms with Gasteiger partial charge in [-0.15, -0.1) is 0 Å². The molecular weight excluding hydrogens is 275 g/mol. The van der Waals surface area contributed by atoms with E-state index in [9.17, 15) is 18.0 Å². The molecule has 6 heteroatoms. The van der Waals surface area contributed by atoms with E-state index in [4.69, 9.17) is 0 Å². The van der Waals surface area contributed by atoms with Crippen LogP contribution in [-0.4, -0.2) is 23.5 Å². The summed E-state index contributed by atoms with van der Waals surface area (Å²) < 4.78 is 38.9. The van der Waals surface area contributed by atoms with Gasteiger partial charge in [0.05, 0.1) is 0 Å². The Morgan fingerprint density at radius 3 is 2.32 bits per heavy atom. The molecule has 0 bridgehead atoms. The van der Waals surface area contributed by atoms with Crippen molar-refractivity contribution in [2.75, 3.05) is 12.8 Å². The van der Waals surface area contributed by atoms with Crippen LogP contribution in [0.15, 0.2) is 12.1 Å². The van der Waals surface area contributed by atoms with Crippen molar-refractivity contribution in [1.82, 2.24) is 5.32 Å². The number of benzene rings is 1. The van der Waals surface area contributed by atoms with Crippen molar-refractivity contribution >= 4 is 17.7 Å². The highest BCUT2D eigenvalue weighted by atomic mass is 32.2. The molecule has 0 aromatic heterocycles. The first-order chi connectivity index (χ1) is 8.97. The quantitative estimate of drug-likeness (QED) is 0.863. The minimum absolute atomic E-state index is 0.0345. The molecule has 1 aliphatic rings. The summed E-state index contributed by atoms with van der Waals surface area (Å²) in [5.41, 5.74) is -0.202. The van der Waals surface area contributed by atoms with Crippen LogP contribution in [-0.2, 0) is 0 Å². The summed E-state index contributed by atoms with van der Waals surface area (Å²) in [5, 5.41) is 2.65. The minimum atomic E-state index is -1.56. The Hall–Kier alpha value is -1.17. The highest BCUT2D eigenvalue weighted by molar-refractivity contribution is 8.00. The van der Waals surface area contributed by atoms with E-state index in [-0.39, 0.29) is 10.3 Å². The first-order valence-corrected chi connectivity index (χ1v) is 7.18. The highest BCUT2D eigenvalue weighted by Crippen LogP contribution is 2.42. The third-order valence-corrected chi connectivity index (χ3v) is 4.93. The molecule has 1 saturated carbocycles. The second-order valence-electron chi connectivity index (χ2n) is 4.68. The van der Waals surface area contributed by atoms with E-state index in [1.807, 2.05) is 6.26 Å². The largest absolute Gasteiger partial charge is 0.351 e. The summed E-state index contributed by atoms with van der Waals surface area (Å²) in [6.07, 6.45) is 5.13. The van der Waals surface area contributed by atoms with E-state index >= 15 is 0 Å². The fraction of sp³-hybridized carbons (Fsp3) is 0.462. The first kappa shape index (κ1) is 14.2. The standard InChI is InChI=1S/C13H14F3NOS/c1-19-13(3-2-4-13)7-17-12(18)8-5-9(14)11(16)10(15)6-8/h5-6H,2-4,7H2,1H3,(H,17,18). The van der Waals surface area contributed by atoms with Gasteiger partial charge in [0.1, 0.15) is 0 Å². The molecule has 1 fully saturated rings. The molecule has 0 radical (unpaired) electrons. The number of halogens is 3. The molecule has 0 heterocycles. The molecule has 1 aliphatic carbocycles. The lowest BCUT2D eigenvalue weighted by molar-refractivity contribution is 0.0942. The second kappa shape index (κ2) is 5.45. The van der Waals surface area contributed by atoms with Crippen molar-refractivity contribution in [3.8, 4) is 0 Å². The molecule has 0 aliphatic heterocycles. The van der Waals surface area contributed by atoms with Crippen molar-refractivity contribution < 1.29 is 18.0 Å². The molecule has 0 atom stereocenters. The SMILES string of the molecule is CSC1(CNC(=O)c2cc(F)c(F)c(F)c2)CCC1. The van der Waals surface area contributed by atoms with E-state index < -0.39 is 23.4 Å². The summed E-state index contributed by atoms with van der Waals surface area (Å²) >= 11 is 1.68. The van der Waals surface area contributed by atoms with Gasteiger partial charge in [-0.05, 0) is 31.2 Å². The predicted molar refractivity (Wildman–Crippen MR) is 68.7 cm³/mol. The van der Waals surface area contributed by atoms with E-state index in [2.05, 4.69) is 5.32 Å². The third-order valence-electron chi connectivity index (χ3n) is 3.51. The zero-order valence-electron chi connectivity index (χ0n) is 10.4. The molecule has 19 heavy (non-hydrogen) atoms. The predicted octanol–water partition coefficient (Wildman–Crippen LogP) is 3.12. The average Bonchev–Trinajstić information content (AvgIpc) is 2.34. The Bertz CT molecular complexity index is 474. The maximum Gasteiger partial charge on any atom is 0.251 e. The fourth-order valence-electron chi connectivity index (χ4n) is 2.05. The number of thioether (sulfide) groups is 1. The van der Waals surface area contributed by atoms with Gasteiger partial charge < -0.3 is 5.32 Å². The van der Waals surface area contributed by atoms with Crippen LogP contribution < -0.4 is 5.32 Å². The maximum absolute atomic E-state index is 13.0. The van der Waals surface area contributed by atoms with Crippen LogP contribution >= 0.6 is 11.8 Å². The number of hydrogen-bond acceptors (Lipinski definition) is 2. The first-order valence-electron chi connectivity index (χ1n) is 5.95. The average molecular weight is 289 g/mol. The lowest BCUT2D eigenvalue weighted by atomic mass is 9.84. The van der Waals surface area contributed by atoms with Gasteiger partial charge in [0.25, 0.3) is 5.91 Å². The monoisotopic (exact) mass is 289 g/mol. The van der Waals surface area contributed by atoms with Crippen molar-refractivity contribution in [2.45, 2.75) is 24.0 Å². The molecule has 1 N–H and O–H groups in total. The van der Waals surface area contributed by atoms with Crippen LogP contribution in [0.2, 0.25) is 0 Å². The number of nitrogens with one attached hydrogen (secondary N) is 1. The smallest absolute Gasteiger partial charge is 0.251 e. The summed E-state index contributed by atoms with van der Waals surface area (Å²) in [6.45, 7) is 0.452. The Morgan fingerprint density at radius 1 is 1.32 bits per heavy atom. The van der Waals surface area contributed by atoms with Gasteiger partial charge in [-0.2, -0.15) is 11.8 Å². The van der Waals surface area contributed by atoms with Gasteiger partial charge in [-0.3, -0.25) is 4.79 Å². The van der Waals surface area contributed by atoms with E-state index in [0.29, 0.717) is 18.7 Å². The van der Waals surface area contributed by atoms with Crippen LogP contribution in [0.4, 0.5) is 13.2 Å². The molecule has 2 nitrogen and oxygen atoms in total. The molecular formula is C13H14F3NOS. The van der Waals surface area contributed by atoms with Crippen LogP contribution in [0.3, 0.4) is 0 Å². The van der Waals surface area contributed by atoms with Gasteiger partial charge in [0, 0.05) is 16.9 Å². The number of rotatable bonds is 4. The maximum atomic E-state index is 13.0. The lowest BCUT2D eigenvalue weighted by Crippen LogP contribution is -2.45. The van der Waals surface area contributed by atoms with Gasteiger partial charge in [-0.1, -0.05) is 6.42 Å². The Balaban J connectivity index is 2.04. The molecule has 1 amide bonds. The summed E-state index contributed by atoms with van der Waals surface area (Å²) in [7, 11) is 0. The van der Waals surface area contributed by atoms with Gasteiger partial charge in [-0.25, -0.2) is 13.2 Å². The third kappa shape index (κ3) is 2.88. The molecule has 1 aromatic carbocycles. The van der Waals surface area contributed by atoms with Gasteiger partial charge in [0.2, 0.25) is 0 Å². The van der Waals surface area contributed by atoms with Crippen molar-refractivity contribution in [1.29, 1.82) is 0 Å². The zero-order chi connectivity index (χ0) is 14.0.